The minimum atomic E-state index is -0.196. The molecule has 0 bridgehead atoms. The monoisotopic (exact) mass is 303 g/mol. The number of hydrogen-bond donors (Lipinski definition) is 1. The Kier molecular flexibility index (Phi) is 4.17. The van der Waals surface area contributed by atoms with Crippen molar-refractivity contribution < 1.29 is 4.79 Å². The third kappa shape index (κ3) is 2.60. The van der Waals surface area contributed by atoms with Crippen molar-refractivity contribution in [3.8, 4) is 0 Å². The van der Waals surface area contributed by atoms with Crippen LogP contribution in [0, 0.1) is 0 Å². The number of carbonyl (C=O) groups excluding carboxylic acids is 1. The largest absolute Gasteiger partial charge is 0.339 e. The van der Waals surface area contributed by atoms with E-state index in [-0.39, 0.29) is 11.9 Å². The summed E-state index contributed by atoms with van der Waals surface area (Å²) in [6, 6.07) is -0.175. The van der Waals surface area contributed by atoms with E-state index in [1.54, 1.807) is 4.68 Å². The van der Waals surface area contributed by atoms with Crippen LogP contribution >= 0.6 is 0 Å². The Morgan fingerprint density at radius 1 is 1.36 bits per heavy atom. The van der Waals surface area contributed by atoms with Crippen molar-refractivity contribution >= 4 is 5.91 Å². The molecule has 8 nitrogen and oxygen atoms in total. The highest BCUT2D eigenvalue weighted by Gasteiger charge is 2.24. The predicted octanol–water partition coefficient (Wildman–Crippen LogP) is 1.11. The molecule has 0 fully saturated rings. The Morgan fingerprint density at radius 3 is 3.00 bits per heavy atom. The standard InChI is InChI=1S/C14H21N7O/c1-3-10(12-15-9-16-21(12)4-2)17-14(22)13-19-18-11-7-5-6-8-20(11)13/h9-10H,3-8H2,1-2H3,(H,17,22)/t10-/m1/s1. The second-order valence-corrected chi connectivity index (χ2v) is 5.42. The molecule has 1 aliphatic heterocycles. The van der Waals surface area contributed by atoms with E-state index in [4.69, 9.17) is 0 Å². The van der Waals surface area contributed by atoms with Gasteiger partial charge in [-0.05, 0) is 26.2 Å². The van der Waals surface area contributed by atoms with Gasteiger partial charge in [0, 0.05) is 19.5 Å². The molecule has 2 aromatic rings. The third-order valence-electron chi connectivity index (χ3n) is 4.03. The Hall–Kier alpha value is -2.25. The van der Waals surface area contributed by atoms with E-state index in [1.165, 1.54) is 6.33 Å². The van der Waals surface area contributed by atoms with Gasteiger partial charge in [0.25, 0.3) is 5.91 Å². The Balaban J connectivity index is 1.79. The molecule has 0 unspecified atom stereocenters. The fourth-order valence-electron chi connectivity index (χ4n) is 2.83. The van der Waals surface area contributed by atoms with Gasteiger partial charge in [-0.2, -0.15) is 5.10 Å². The molecule has 0 spiro atoms. The molecule has 0 aliphatic carbocycles. The zero-order chi connectivity index (χ0) is 15.5. The quantitative estimate of drug-likeness (QED) is 0.893. The maximum absolute atomic E-state index is 12.5. The molecule has 0 saturated carbocycles. The van der Waals surface area contributed by atoms with Crippen LogP contribution in [0.15, 0.2) is 6.33 Å². The smallest absolute Gasteiger partial charge is 0.289 e. The SMILES string of the molecule is CC[C@@H](NC(=O)c1nnc2n1CCCC2)c1ncnn1CC. The van der Waals surface area contributed by atoms with Crippen molar-refractivity contribution in [2.24, 2.45) is 0 Å². The normalized spacial score (nSPS) is 15.4. The first-order valence-electron chi connectivity index (χ1n) is 7.85. The summed E-state index contributed by atoms with van der Waals surface area (Å²) < 4.78 is 3.73. The van der Waals surface area contributed by atoms with Crippen LogP contribution in [0.4, 0.5) is 0 Å². The lowest BCUT2D eigenvalue weighted by Crippen LogP contribution is -2.33. The number of rotatable bonds is 5. The number of nitrogens with zero attached hydrogens (tertiary/aromatic N) is 6. The Bertz CT molecular complexity index is 660. The third-order valence-corrected chi connectivity index (χ3v) is 4.03. The molecular formula is C14H21N7O. The van der Waals surface area contributed by atoms with Gasteiger partial charge in [-0.15, -0.1) is 10.2 Å². The number of fused-ring (bicyclic) bond motifs is 1. The summed E-state index contributed by atoms with van der Waals surface area (Å²) in [5.41, 5.74) is 0. The minimum Gasteiger partial charge on any atom is -0.339 e. The average molecular weight is 303 g/mol. The first-order valence-corrected chi connectivity index (χ1v) is 7.85. The number of aromatic nitrogens is 6. The summed E-state index contributed by atoms with van der Waals surface area (Å²) >= 11 is 0. The Labute approximate surface area is 128 Å². The Morgan fingerprint density at radius 2 is 2.23 bits per heavy atom. The molecule has 118 valence electrons. The molecule has 2 aromatic heterocycles. The maximum atomic E-state index is 12.5. The topological polar surface area (TPSA) is 90.5 Å². The van der Waals surface area contributed by atoms with Gasteiger partial charge in [-0.3, -0.25) is 4.79 Å². The van der Waals surface area contributed by atoms with E-state index >= 15 is 0 Å². The average Bonchev–Trinajstić information content (AvgIpc) is 3.18. The number of carbonyl (C=O) groups is 1. The van der Waals surface area contributed by atoms with Gasteiger partial charge in [0.05, 0.1) is 6.04 Å². The summed E-state index contributed by atoms with van der Waals surface area (Å²) in [5.74, 6) is 1.88. The number of amides is 1. The van der Waals surface area contributed by atoms with Gasteiger partial charge < -0.3 is 9.88 Å². The highest BCUT2D eigenvalue weighted by Crippen LogP contribution is 2.17. The second kappa shape index (κ2) is 6.25. The number of hydrogen-bond acceptors (Lipinski definition) is 5. The summed E-state index contributed by atoms with van der Waals surface area (Å²) in [6.07, 6.45) is 5.32. The van der Waals surface area contributed by atoms with Crippen LogP contribution in [0.1, 0.15) is 61.4 Å². The first-order chi connectivity index (χ1) is 10.7. The van der Waals surface area contributed by atoms with Crippen LogP contribution < -0.4 is 5.32 Å². The lowest BCUT2D eigenvalue weighted by molar-refractivity contribution is 0.0916. The molecule has 0 saturated heterocycles. The van der Waals surface area contributed by atoms with Crippen molar-refractivity contribution in [3.05, 3.63) is 23.8 Å². The van der Waals surface area contributed by atoms with Crippen LogP contribution in [0.2, 0.25) is 0 Å². The van der Waals surface area contributed by atoms with Crippen LogP contribution in [0.3, 0.4) is 0 Å². The highest BCUT2D eigenvalue weighted by atomic mass is 16.2. The fraction of sp³-hybridized carbons (Fsp3) is 0.643. The van der Waals surface area contributed by atoms with E-state index in [1.807, 2.05) is 18.4 Å². The van der Waals surface area contributed by atoms with Crippen molar-refractivity contribution in [2.75, 3.05) is 0 Å². The lowest BCUT2D eigenvalue weighted by atomic mass is 10.1. The summed E-state index contributed by atoms with van der Waals surface area (Å²) in [6.45, 7) is 5.55. The van der Waals surface area contributed by atoms with Crippen LogP contribution in [0.5, 0.6) is 0 Å². The van der Waals surface area contributed by atoms with Gasteiger partial charge in [0.1, 0.15) is 18.0 Å². The number of nitrogens with one attached hydrogen (secondary N) is 1. The van der Waals surface area contributed by atoms with Crippen molar-refractivity contribution in [3.63, 3.8) is 0 Å². The molecule has 1 atom stereocenters. The lowest BCUT2D eigenvalue weighted by Gasteiger charge is -2.18. The zero-order valence-electron chi connectivity index (χ0n) is 13.0. The van der Waals surface area contributed by atoms with Crippen LogP contribution in [-0.4, -0.2) is 35.4 Å². The van der Waals surface area contributed by atoms with Gasteiger partial charge in [0.2, 0.25) is 5.82 Å². The van der Waals surface area contributed by atoms with E-state index in [0.717, 1.165) is 50.4 Å². The molecule has 22 heavy (non-hydrogen) atoms. The molecule has 0 aromatic carbocycles. The molecule has 1 amide bonds. The van der Waals surface area contributed by atoms with E-state index in [0.29, 0.717) is 5.82 Å². The molecule has 3 rings (SSSR count). The summed E-state index contributed by atoms with van der Waals surface area (Å²) in [4.78, 5) is 16.8. The van der Waals surface area contributed by atoms with Gasteiger partial charge >= 0.3 is 0 Å². The molecule has 3 heterocycles. The molecule has 0 radical (unpaired) electrons. The molecule has 1 N–H and O–H groups in total. The summed E-state index contributed by atoms with van der Waals surface area (Å²) in [7, 11) is 0. The van der Waals surface area contributed by atoms with Crippen molar-refractivity contribution in [1.29, 1.82) is 0 Å². The molecule has 1 aliphatic rings. The van der Waals surface area contributed by atoms with Gasteiger partial charge in [-0.1, -0.05) is 6.92 Å². The predicted molar refractivity (Wildman–Crippen MR) is 79.2 cm³/mol. The van der Waals surface area contributed by atoms with Crippen molar-refractivity contribution in [1.82, 2.24) is 34.8 Å². The maximum Gasteiger partial charge on any atom is 0.289 e. The molecule has 8 heteroatoms. The van der Waals surface area contributed by atoms with Crippen LogP contribution in [0.25, 0.3) is 0 Å². The van der Waals surface area contributed by atoms with Gasteiger partial charge in [-0.25, -0.2) is 9.67 Å². The van der Waals surface area contributed by atoms with E-state index in [2.05, 4.69) is 25.6 Å². The highest BCUT2D eigenvalue weighted by molar-refractivity contribution is 5.91. The van der Waals surface area contributed by atoms with E-state index in [9.17, 15) is 4.79 Å². The minimum absolute atomic E-state index is 0.175. The van der Waals surface area contributed by atoms with E-state index < -0.39 is 0 Å². The van der Waals surface area contributed by atoms with Crippen LogP contribution in [-0.2, 0) is 19.5 Å². The summed E-state index contributed by atoms with van der Waals surface area (Å²) in [5, 5.41) is 15.4. The van der Waals surface area contributed by atoms with Crippen molar-refractivity contribution in [2.45, 2.75) is 58.7 Å². The zero-order valence-corrected chi connectivity index (χ0v) is 13.0. The second-order valence-electron chi connectivity index (χ2n) is 5.42. The fourth-order valence-corrected chi connectivity index (χ4v) is 2.83. The number of aryl methyl sites for hydroxylation is 2. The van der Waals surface area contributed by atoms with Gasteiger partial charge in [0.15, 0.2) is 0 Å². The first kappa shape index (κ1) is 14.7. The molecular weight excluding hydrogens is 282 g/mol.